The van der Waals surface area contributed by atoms with Gasteiger partial charge >= 0.3 is 5.69 Å². The summed E-state index contributed by atoms with van der Waals surface area (Å²) in [7, 11) is 1.61. The Morgan fingerprint density at radius 2 is 1.75 bits per heavy atom. The average molecular weight is 478 g/mol. The Hall–Kier alpha value is -2.55. The van der Waals surface area contributed by atoms with Crippen molar-refractivity contribution in [2.24, 2.45) is 7.05 Å². The quantitative estimate of drug-likeness (QED) is 0.381. The summed E-state index contributed by atoms with van der Waals surface area (Å²) in [6.07, 6.45) is 0.815. The van der Waals surface area contributed by atoms with E-state index in [4.69, 9.17) is 27.9 Å². The molecule has 0 aliphatic heterocycles. The van der Waals surface area contributed by atoms with Gasteiger partial charge in [0.05, 0.1) is 6.54 Å². The number of halogens is 2. The van der Waals surface area contributed by atoms with Gasteiger partial charge in [-0.15, -0.1) is 0 Å². The van der Waals surface area contributed by atoms with E-state index in [0.29, 0.717) is 52.3 Å². The molecule has 0 fully saturated rings. The molecule has 32 heavy (non-hydrogen) atoms. The van der Waals surface area contributed by atoms with Crippen molar-refractivity contribution >= 4 is 40.1 Å². The summed E-state index contributed by atoms with van der Waals surface area (Å²) in [5.74, 6) is 0.632. The molecule has 0 spiro atoms. The first-order valence-corrected chi connectivity index (χ1v) is 11.2. The minimum Gasteiger partial charge on any atom is -0.382 e. The van der Waals surface area contributed by atoms with Crippen LogP contribution in [0.4, 0.5) is 0 Å². The zero-order valence-electron chi connectivity index (χ0n) is 18.5. The van der Waals surface area contributed by atoms with Gasteiger partial charge in [-0.05, 0) is 39.3 Å². The molecule has 0 N–H and O–H groups in total. The molecule has 0 saturated heterocycles. The second-order valence-corrected chi connectivity index (χ2v) is 8.54. The van der Waals surface area contributed by atoms with E-state index >= 15 is 0 Å². The topological polar surface area (TPSA) is 75.5 Å². The lowest BCUT2D eigenvalue weighted by atomic mass is 10.2. The van der Waals surface area contributed by atoms with Crippen molar-refractivity contribution in [1.29, 1.82) is 0 Å². The number of benzene rings is 1. The lowest BCUT2D eigenvalue weighted by Gasteiger charge is -2.11. The Morgan fingerprint density at radius 3 is 2.41 bits per heavy atom. The molecule has 0 atom stereocenters. The third kappa shape index (κ3) is 3.56. The average Bonchev–Trinajstić information content (AvgIpc) is 3.25. The predicted octanol–water partition coefficient (Wildman–Crippen LogP) is 3.55. The van der Waals surface area contributed by atoms with Gasteiger partial charge in [-0.25, -0.2) is 4.79 Å². The predicted molar refractivity (Wildman–Crippen MR) is 126 cm³/mol. The van der Waals surface area contributed by atoms with Gasteiger partial charge in [0.1, 0.15) is 0 Å². The molecule has 0 aliphatic rings. The molecule has 0 radical (unpaired) electrons. The maximum atomic E-state index is 13.5. The molecule has 0 saturated carbocycles. The third-order valence-corrected chi connectivity index (χ3v) is 6.59. The summed E-state index contributed by atoms with van der Waals surface area (Å²) >= 11 is 12.6. The van der Waals surface area contributed by atoms with E-state index in [-0.39, 0.29) is 6.54 Å². The molecular weight excluding hydrogens is 453 g/mol. The fourth-order valence-electron chi connectivity index (χ4n) is 4.03. The SMILES string of the molecule is CCOCCCn1c(C)c(C)n2c3c(=O)n(Cc4c(Cl)cccc4Cl)c(=O)n(C)c3nc12. The summed E-state index contributed by atoms with van der Waals surface area (Å²) in [6.45, 7) is 7.89. The first-order valence-electron chi connectivity index (χ1n) is 10.5. The van der Waals surface area contributed by atoms with Gasteiger partial charge in [0.2, 0.25) is 5.78 Å². The molecule has 8 nitrogen and oxygen atoms in total. The second-order valence-electron chi connectivity index (χ2n) is 7.73. The van der Waals surface area contributed by atoms with Crippen molar-refractivity contribution < 1.29 is 4.74 Å². The Morgan fingerprint density at radius 1 is 1.06 bits per heavy atom. The van der Waals surface area contributed by atoms with E-state index in [1.54, 1.807) is 25.2 Å². The lowest BCUT2D eigenvalue weighted by Crippen LogP contribution is -2.39. The molecule has 10 heteroatoms. The zero-order valence-corrected chi connectivity index (χ0v) is 20.0. The monoisotopic (exact) mass is 477 g/mol. The van der Waals surface area contributed by atoms with Crippen LogP contribution in [0.2, 0.25) is 10.0 Å². The number of aryl methyl sites for hydroxylation is 3. The van der Waals surface area contributed by atoms with Crippen molar-refractivity contribution in [1.82, 2.24) is 23.1 Å². The Labute approximate surface area is 194 Å². The summed E-state index contributed by atoms with van der Waals surface area (Å²) in [6, 6.07) is 5.09. The Balaban J connectivity index is 1.93. The van der Waals surface area contributed by atoms with Crippen LogP contribution in [0.15, 0.2) is 27.8 Å². The first kappa shape index (κ1) is 22.6. The van der Waals surface area contributed by atoms with Gasteiger partial charge < -0.3 is 9.30 Å². The summed E-state index contributed by atoms with van der Waals surface area (Å²) in [5, 5.41) is 0.801. The van der Waals surface area contributed by atoms with Crippen LogP contribution in [-0.2, 0) is 24.9 Å². The summed E-state index contributed by atoms with van der Waals surface area (Å²) in [5.41, 5.74) is 2.23. The van der Waals surface area contributed by atoms with Crippen molar-refractivity contribution in [2.45, 2.75) is 40.3 Å². The number of rotatable bonds is 7. The Kier molecular flexibility index (Phi) is 6.20. The highest BCUT2D eigenvalue weighted by Crippen LogP contribution is 2.25. The van der Waals surface area contributed by atoms with Gasteiger partial charge in [-0.2, -0.15) is 4.98 Å². The number of hydrogen-bond acceptors (Lipinski definition) is 4. The highest BCUT2D eigenvalue weighted by molar-refractivity contribution is 6.35. The number of fused-ring (bicyclic) bond motifs is 3. The smallest absolute Gasteiger partial charge is 0.332 e. The summed E-state index contributed by atoms with van der Waals surface area (Å²) in [4.78, 5) is 31.3. The highest BCUT2D eigenvalue weighted by atomic mass is 35.5. The van der Waals surface area contributed by atoms with Gasteiger partial charge in [0, 0.05) is 53.8 Å². The van der Waals surface area contributed by atoms with Crippen LogP contribution in [-0.4, -0.2) is 36.3 Å². The van der Waals surface area contributed by atoms with Crippen molar-refractivity contribution in [2.75, 3.05) is 13.2 Å². The third-order valence-electron chi connectivity index (χ3n) is 5.88. The van der Waals surface area contributed by atoms with Crippen LogP contribution in [0.25, 0.3) is 16.9 Å². The van der Waals surface area contributed by atoms with E-state index in [1.165, 1.54) is 4.57 Å². The van der Waals surface area contributed by atoms with E-state index in [1.807, 2.05) is 25.2 Å². The van der Waals surface area contributed by atoms with Crippen LogP contribution in [0.5, 0.6) is 0 Å². The van der Waals surface area contributed by atoms with Crippen molar-refractivity contribution in [3.8, 4) is 0 Å². The molecular formula is C22H25Cl2N5O3. The number of hydrogen-bond donors (Lipinski definition) is 0. The van der Waals surface area contributed by atoms with Gasteiger partial charge in [-0.3, -0.25) is 18.3 Å². The maximum absolute atomic E-state index is 13.5. The van der Waals surface area contributed by atoms with E-state index < -0.39 is 11.2 Å². The van der Waals surface area contributed by atoms with Gasteiger partial charge in [0.15, 0.2) is 11.2 Å². The Bertz CT molecular complexity index is 1420. The van der Waals surface area contributed by atoms with E-state index in [2.05, 4.69) is 9.55 Å². The molecule has 0 unspecified atom stereocenters. The summed E-state index contributed by atoms with van der Waals surface area (Å²) < 4.78 is 11.9. The van der Waals surface area contributed by atoms with Crippen LogP contribution >= 0.6 is 23.2 Å². The highest BCUT2D eigenvalue weighted by Gasteiger charge is 2.23. The number of aromatic nitrogens is 5. The van der Waals surface area contributed by atoms with Crippen molar-refractivity contribution in [3.63, 3.8) is 0 Å². The normalized spacial score (nSPS) is 11.8. The van der Waals surface area contributed by atoms with Crippen molar-refractivity contribution in [3.05, 3.63) is 66.0 Å². The molecule has 1 aromatic carbocycles. The zero-order chi connectivity index (χ0) is 23.2. The molecule has 4 rings (SSSR count). The molecule has 0 aliphatic carbocycles. The van der Waals surface area contributed by atoms with Crippen LogP contribution < -0.4 is 11.2 Å². The van der Waals surface area contributed by atoms with Gasteiger partial charge in [-0.1, -0.05) is 29.3 Å². The fourth-order valence-corrected chi connectivity index (χ4v) is 4.55. The first-order chi connectivity index (χ1) is 15.3. The standard InChI is InChI=1S/C22H25Cl2N5O3/c1-5-32-11-7-10-27-13(2)14(3)29-18-19(25-21(27)29)26(4)22(31)28(20(18)30)12-15-16(23)8-6-9-17(15)24/h6,8-9H,5,7,10-12H2,1-4H3. The van der Waals surface area contributed by atoms with E-state index in [0.717, 1.165) is 22.4 Å². The molecule has 0 amide bonds. The second kappa shape index (κ2) is 8.77. The number of nitrogens with zero attached hydrogens (tertiary/aromatic N) is 5. The number of imidazole rings is 2. The maximum Gasteiger partial charge on any atom is 0.332 e. The number of ether oxygens (including phenoxy) is 1. The molecule has 3 aromatic heterocycles. The van der Waals surface area contributed by atoms with Crippen LogP contribution in [0.3, 0.4) is 0 Å². The minimum absolute atomic E-state index is 0.0275. The molecule has 170 valence electrons. The van der Waals surface area contributed by atoms with Crippen LogP contribution in [0.1, 0.15) is 30.3 Å². The lowest BCUT2D eigenvalue weighted by molar-refractivity contribution is 0.142. The molecule has 0 bridgehead atoms. The fraction of sp³-hybridized carbons (Fsp3) is 0.409. The van der Waals surface area contributed by atoms with E-state index in [9.17, 15) is 9.59 Å². The minimum atomic E-state index is -0.475. The largest absolute Gasteiger partial charge is 0.382 e. The van der Waals surface area contributed by atoms with Gasteiger partial charge in [0.25, 0.3) is 5.56 Å². The molecule has 4 aromatic rings. The molecule has 3 heterocycles. The van der Waals surface area contributed by atoms with Crippen LogP contribution in [0, 0.1) is 13.8 Å².